The van der Waals surface area contributed by atoms with E-state index in [4.69, 9.17) is 4.18 Å². The van der Waals surface area contributed by atoms with Gasteiger partial charge in [-0.3, -0.25) is 5.32 Å². The van der Waals surface area contributed by atoms with E-state index in [9.17, 15) is 8.42 Å². The molecule has 5 heteroatoms. The lowest BCUT2D eigenvalue weighted by Gasteiger charge is -2.19. The molecule has 1 aromatic carbocycles. The molecule has 1 aliphatic heterocycles. The average molecular weight is 227 g/mol. The summed E-state index contributed by atoms with van der Waals surface area (Å²) in [4.78, 5) is 0.236. The van der Waals surface area contributed by atoms with Gasteiger partial charge in [-0.25, -0.2) is 4.18 Å². The molecule has 1 atom stereocenters. The summed E-state index contributed by atoms with van der Waals surface area (Å²) in [5.41, 5.74) is 1.03. The van der Waals surface area contributed by atoms with Crippen LogP contribution < -0.4 is 5.32 Å². The third kappa shape index (κ3) is 2.19. The molecule has 2 bridgehead atoms. The Morgan fingerprint density at radius 1 is 1.47 bits per heavy atom. The molecule has 1 aromatic rings. The van der Waals surface area contributed by atoms with E-state index in [1.54, 1.807) is 25.2 Å². The summed E-state index contributed by atoms with van der Waals surface area (Å²) in [7, 11) is -1.91. The quantitative estimate of drug-likeness (QED) is 0.724. The first kappa shape index (κ1) is 10.6. The molecule has 15 heavy (non-hydrogen) atoms. The van der Waals surface area contributed by atoms with E-state index in [1.165, 1.54) is 0 Å². The second kappa shape index (κ2) is 3.92. The molecule has 0 fully saturated rings. The molecule has 0 saturated carbocycles. The molecule has 1 N–H and O–H groups in total. The van der Waals surface area contributed by atoms with Gasteiger partial charge in [-0.2, -0.15) is 8.42 Å². The first-order valence-corrected chi connectivity index (χ1v) is 6.22. The molecule has 0 radical (unpaired) electrons. The predicted molar refractivity (Wildman–Crippen MR) is 55.9 cm³/mol. The topological polar surface area (TPSA) is 55.4 Å². The molecule has 4 nitrogen and oxygen atoms in total. The van der Waals surface area contributed by atoms with Crippen LogP contribution in [0.15, 0.2) is 29.2 Å². The summed E-state index contributed by atoms with van der Waals surface area (Å²) in [6, 6.07) is 6.89. The number of hydrogen-bond acceptors (Lipinski definition) is 4. The second-order valence-corrected chi connectivity index (χ2v) is 5.09. The monoisotopic (exact) mass is 227 g/mol. The van der Waals surface area contributed by atoms with Gasteiger partial charge in [0.25, 0.3) is 10.1 Å². The number of hydrogen-bond donors (Lipinski definition) is 1. The maximum Gasteiger partial charge on any atom is 0.298 e. The Balaban J connectivity index is 2.45. The third-order valence-electron chi connectivity index (χ3n) is 2.45. The minimum Gasteiger partial charge on any atom is -0.294 e. The van der Waals surface area contributed by atoms with Gasteiger partial charge in [0.1, 0.15) is 6.23 Å². The Hall–Kier alpha value is -0.910. The Morgan fingerprint density at radius 2 is 2.27 bits per heavy atom. The fourth-order valence-electron chi connectivity index (χ4n) is 1.60. The zero-order valence-corrected chi connectivity index (χ0v) is 9.25. The standard InChI is InChI=1S/C10H13NO3S/c1-11-10-6-5-8-3-2-4-9(7-8)15(12,13)14-10/h2-4,7,10-11H,5-6H2,1H3. The first-order chi connectivity index (χ1) is 7.12. The number of aryl methyl sites for hydroxylation is 1. The van der Waals surface area contributed by atoms with Crippen LogP contribution in [0.1, 0.15) is 12.0 Å². The van der Waals surface area contributed by atoms with E-state index in [0.29, 0.717) is 6.42 Å². The number of nitrogens with one attached hydrogen (secondary N) is 1. The van der Waals surface area contributed by atoms with E-state index < -0.39 is 16.3 Å². The van der Waals surface area contributed by atoms with Gasteiger partial charge in [-0.15, -0.1) is 0 Å². The highest BCUT2D eigenvalue weighted by Gasteiger charge is 2.23. The van der Waals surface area contributed by atoms with Crippen molar-refractivity contribution in [1.82, 2.24) is 5.32 Å². The van der Waals surface area contributed by atoms with Gasteiger partial charge in [0.05, 0.1) is 4.90 Å². The van der Waals surface area contributed by atoms with Gasteiger partial charge in [0, 0.05) is 0 Å². The van der Waals surface area contributed by atoms with E-state index in [1.807, 2.05) is 6.07 Å². The summed E-state index contributed by atoms with van der Waals surface area (Å²) in [6.45, 7) is 0. The van der Waals surface area contributed by atoms with Crippen LogP contribution in [0.5, 0.6) is 0 Å². The van der Waals surface area contributed by atoms with Crippen molar-refractivity contribution < 1.29 is 12.6 Å². The van der Waals surface area contributed by atoms with E-state index in [2.05, 4.69) is 5.32 Å². The highest BCUT2D eigenvalue weighted by Crippen LogP contribution is 2.20. The molecule has 0 spiro atoms. The Labute approximate surface area is 89.4 Å². The van der Waals surface area contributed by atoms with Crippen molar-refractivity contribution in [3.05, 3.63) is 29.8 Å². The molecule has 0 amide bonds. The zero-order valence-electron chi connectivity index (χ0n) is 8.43. The maximum absolute atomic E-state index is 11.7. The lowest BCUT2D eigenvalue weighted by atomic mass is 10.1. The van der Waals surface area contributed by atoms with Crippen LogP contribution in [-0.4, -0.2) is 21.7 Å². The molecular weight excluding hydrogens is 214 g/mol. The lowest BCUT2D eigenvalue weighted by molar-refractivity contribution is 0.170. The summed E-state index contributed by atoms with van der Waals surface area (Å²) in [6.07, 6.45) is 1.03. The van der Waals surface area contributed by atoms with Crippen molar-refractivity contribution in [1.29, 1.82) is 0 Å². The van der Waals surface area contributed by atoms with Crippen LogP contribution in [0.2, 0.25) is 0 Å². The van der Waals surface area contributed by atoms with Crippen LogP contribution in [0.25, 0.3) is 0 Å². The van der Waals surface area contributed by atoms with Gasteiger partial charge in [-0.1, -0.05) is 12.1 Å². The second-order valence-electron chi connectivity index (χ2n) is 3.51. The Bertz CT molecular complexity index is 455. The zero-order chi connectivity index (χ0) is 10.9. The predicted octanol–water partition coefficient (Wildman–Crippen LogP) is 0.884. The van der Waals surface area contributed by atoms with Crippen molar-refractivity contribution in [3.8, 4) is 0 Å². The van der Waals surface area contributed by atoms with Gasteiger partial charge in [0.2, 0.25) is 0 Å². The van der Waals surface area contributed by atoms with Crippen LogP contribution in [-0.2, 0) is 20.7 Å². The molecule has 0 aromatic heterocycles. The van der Waals surface area contributed by atoms with Crippen molar-refractivity contribution in [3.63, 3.8) is 0 Å². The Morgan fingerprint density at radius 3 is 3.00 bits per heavy atom. The molecule has 0 saturated heterocycles. The number of rotatable bonds is 1. The highest BCUT2D eigenvalue weighted by atomic mass is 32.2. The van der Waals surface area contributed by atoms with Gasteiger partial charge in [-0.05, 0) is 37.6 Å². The van der Waals surface area contributed by atoms with Gasteiger partial charge >= 0.3 is 0 Å². The van der Waals surface area contributed by atoms with Crippen molar-refractivity contribution >= 4 is 10.1 Å². The third-order valence-corrected chi connectivity index (χ3v) is 3.76. The van der Waals surface area contributed by atoms with Crippen molar-refractivity contribution in [2.45, 2.75) is 24.0 Å². The largest absolute Gasteiger partial charge is 0.298 e. The molecule has 0 aliphatic carbocycles. The van der Waals surface area contributed by atoms with E-state index >= 15 is 0 Å². The van der Waals surface area contributed by atoms with Crippen LogP contribution in [0.3, 0.4) is 0 Å². The summed E-state index contributed by atoms with van der Waals surface area (Å²) in [5.74, 6) is 0. The maximum atomic E-state index is 11.7. The van der Waals surface area contributed by atoms with Crippen molar-refractivity contribution in [2.24, 2.45) is 0 Å². The lowest BCUT2D eigenvalue weighted by Crippen LogP contribution is -2.32. The van der Waals surface area contributed by atoms with Crippen LogP contribution in [0, 0.1) is 0 Å². The fourth-order valence-corrected chi connectivity index (χ4v) is 2.75. The fraction of sp³-hybridized carbons (Fsp3) is 0.400. The average Bonchev–Trinajstić information content (AvgIpc) is 2.23. The summed E-state index contributed by atoms with van der Waals surface area (Å²) in [5, 5.41) is 2.84. The van der Waals surface area contributed by atoms with Crippen LogP contribution >= 0.6 is 0 Å². The van der Waals surface area contributed by atoms with Crippen molar-refractivity contribution in [2.75, 3.05) is 7.05 Å². The molecule has 1 aliphatic rings. The smallest absolute Gasteiger partial charge is 0.294 e. The number of fused-ring (bicyclic) bond motifs is 2. The van der Waals surface area contributed by atoms with E-state index in [-0.39, 0.29) is 4.90 Å². The molecule has 1 heterocycles. The number of benzene rings is 1. The highest BCUT2D eigenvalue weighted by molar-refractivity contribution is 7.86. The molecule has 82 valence electrons. The Kier molecular flexibility index (Phi) is 2.77. The molecule has 1 unspecified atom stereocenters. The van der Waals surface area contributed by atoms with E-state index in [0.717, 1.165) is 12.0 Å². The summed E-state index contributed by atoms with van der Waals surface area (Å²) < 4.78 is 28.5. The van der Waals surface area contributed by atoms with Gasteiger partial charge in [0.15, 0.2) is 0 Å². The van der Waals surface area contributed by atoms with Gasteiger partial charge < -0.3 is 0 Å². The SMILES string of the molecule is CNC1CCc2cccc(c2)S(=O)(=O)O1. The normalized spacial score (nSPS) is 24.2. The minimum absolute atomic E-state index is 0.236. The minimum atomic E-state index is -3.61. The first-order valence-electron chi connectivity index (χ1n) is 4.81. The summed E-state index contributed by atoms with van der Waals surface area (Å²) >= 11 is 0. The molecule has 2 rings (SSSR count). The molecular formula is C10H13NO3S. The van der Waals surface area contributed by atoms with Crippen LogP contribution in [0.4, 0.5) is 0 Å².